The minimum absolute atomic E-state index is 0.229. The van der Waals surface area contributed by atoms with E-state index in [0.29, 0.717) is 16.6 Å². The van der Waals surface area contributed by atoms with Crippen LogP contribution < -0.4 is 5.32 Å². The van der Waals surface area contributed by atoms with Crippen LogP contribution in [0.5, 0.6) is 0 Å². The molecule has 0 unspecified atom stereocenters. The third kappa shape index (κ3) is 3.89. The molecule has 0 radical (unpaired) electrons. The van der Waals surface area contributed by atoms with Crippen LogP contribution in [0.1, 0.15) is 11.1 Å². The van der Waals surface area contributed by atoms with Gasteiger partial charge in [-0.25, -0.2) is 4.99 Å². The number of aliphatic imine (C=N–C) groups is 1. The Morgan fingerprint density at radius 3 is 2.70 bits per heavy atom. The minimum atomic E-state index is -0.229. The van der Waals surface area contributed by atoms with Gasteiger partial charge in [0.1, 0.15) is 11.5 Å². The highest BCUT2D eigenvalue weighted by Crippen LogP contribution is 2.22. The number of carbonyl (C=O) groups excluding carboxylic acids is 1. The SMILES string of the molecule is O=C1NC(c2cc(I)ccc2Cl)=N/C1=C/C=C/c1ccccc1. The van der Waals surface area contributed by atoms with Crippen LogP contribution in [-0.4, -0.2) is 11.7 Å². The van der Waals surface area contributed by atoms with Gasteiger partial charge < -0.3 is 5.32 Å². The number of allylic oxidation sites excluding steroid dienone is 2. The molecule has 0 aliphatic carbocycles. The predicted octanol–water partition coefficient (Wildman–Crippen LogP) is 4.42. The number of halogens is 2. The largest absolute Gasteiger partial charge is 0.305 e. The van der Waals surface area contributed by atoms with Crippen LogP contribution in [0.4, 0.5) is 0 Å². The quantitative estimate of drug-likeness (QED) is 0.564. The summed E-state index contributed by atoms with van der Waals surface area (Å²) >= 11 is 8.38. The van der Waals surface area contributed by atoms with E-state index in [1.165, 1.54) is 0 Å². The smallest absolute Gasteiger partial charge is 0.275 e. The summed E-state index contributed by atoms with van der Waals surface area (Å²) in [5.41, 5.74) is 2.15. The van der Waals surface area contributed by atoms with Gasteiger partial charge in [0.05, 0.1) is 5.02 Å². The number of nitrogens with one attached hydrogen (secondary N) is 1. The lowest BCUT2D eigenvalue weighted by Crippen LogP contribution is -2.25. The summed E-state index contributed by atoms with van der Waals surface area (Å²) in [6.45, 7) is 0. The lowest BCUT2D eigenvalue weighted by atomic mass is 10.2. The van der Waals surface area contributed by atoms with Crippen molar-refractivity contribution in [2.24, 2.45) is 4.99 Å². The van der Waals surface area contributed by atoms with E-state index in [-0.39, 0.29) is 5.91 Å². The van der Waals surface area contributed by atoms with Gasteiger partial charge in [-0.1, -0.05) is 54.1 Å². The number of benzene rings is 2. The second-order valence-corrected chi connectivity index (χ2v) is 6.51. The maximum atomic E-state index is 12.0. The molecule has 3 nitrogen and oxygen atoms in total. The van der Waals surface area contributed by atoms with Crippen LogP contribution in [0, 0.1) is 3.57 Å². The topological polar surface area (TPSA) is 41.5 Å². The second kappa shape index (κ2) is 7.10. The van der Waals surface area contributed by atoms with E-state index in [4.69, 9.17) is 11.6 Å². The van der Waals surface area contributed by atoms with Crippen LogP contribution in [0.2, 0.25) is 5.02 Å². The van der Waals surface area contributed by atoms with E-state index in [1.54, 1.807) is 12.1 Å². The molecule has 0 saturated heterocycles. The van der Waals surface area contributed by atoms with Gasteiger partial charge in [0.15, 0.2) is 0 Å². The van der Waals surface area contributed by atoms with E-state index in [1.807, 2.05) is 54.6 Å². The molecule has 23 heavy (non-hydrogen) atoms. The molecular weight excluding hydrogens is 423 g/mol. The van der Waals surface area contributed by atoms with Crippen molar-refractivity contribution in [3.05, 3.63) is 86.1 Å². The molecule has 0 atom stereocenters. The highest BCUT2D eigenvalue weighted by atomic mass is 127. The lowest BCUT2D eigenvalue weighted by Gasteiger charge is -2.03. The van der Waals surface area contributed by atoms with Crippen molar-refractivity contribution >= 4 is 52.0 Å². The van der Waals surface area contributed by atoms with E-state index in [2.05, 4.69) is 32.9 Å². The fraction of sp³-hybridized carbons (Fsp3) is 0. The van der Waals surface area contributed by atoms with E-state index in [9.17, 15) is 4.79 Å². The first-order chi connectivity index (χ1) is 11.1. The van der Waals surface area contributed by atoms with Gasteiger partial charge in [-0.3, -0.25) is 4.79 Å². The summed E-state index contributed by atoms with van der Waals surface area (Å²) in [4.78, 5) is 16.4. The summed E-state index contributed by atoms with van der Waals surface area (Å²) in [6, 6.07) is 15.5. The first kappa shape index (κ1) is 16.0. The zero-order chi connectivity index (χ0) is 16.2. The summed E-state index contributed by atoms with van der Waals surface area (Å²) < 4.78 is 1.03. The summed E-state index contributed by atoms with van der Waals surface area (Å²) in [5, 5.41) is 3.32. The molecule has 3 rings (SSSR count). The highest BCUT2D eigenvalue weighted by molar-refractivity contribution is 14.1. The Kier molecular flexibility index (Phi) is 4.93. The Morgan fingerprint density at radius 2 is 1.91 bits per heavy atom. The summed E-state index contributed by atoms with van der Waals surface area (Å²) in [7, 11) is 0. The molecule has 1 amide bonds. The van der Waals surface area contributed by atoms with Gasteiger partial charge in [-0.2, -0.15) is 0 Å². The zero-order valence-electron chi connectivity index (χ0n) is 12.0. The van der Waals surface area contributed by atoms with Crippen LogP contribution >= 0.6 is 34.2 Å². The number of hydrogen-bond donors (Lipinski definition) is 1. The molecule has 5 heteroatoms. The maximum Gasteiger partial charge on any atom is 0.275 e. The number of rotatable bonds is 3. The molecule has 0 aromatic heterocycles. The van der Waals surface area contributed by atoms with Gasteiger partial charge in [-0.05, 0) is 52.4 Å². The molecule has 0 spiro atoms. The van der Waals surface area contributed by atoms with Gasteiger partial charge in [0.25, 0.3) is 5.91 Å². The van der Waals surface area contributed by atoms with Crippen molar-refractivity contribution in [3.8, 4) is 0 Å². The third-order valence-corrected chi connectivity index (χ3v) is 4.22. The van der Waals surface area contributed by atoms with Gasteiger partial charge in [-0.15, -0.1) is 0 Å². The normalized spacial score (nSPS) is 16.0. The Bertz CT molecular complexity index is 841. The molecule has 1 N–H and O–H groups in total. The molecule has 0 saturated carbocycles. The minimum Gasteiger partial charge on any atom is -0.305 e. The van der Waals surface area contributed by atoms with E-state index in [0.717, 1.165) is 14.7 Å². The molecular formula is C18H12ClIN2O. The van der Waals surface area contributed by atoms with Crippen LogP contribution in [0.3, 0.4) is 0 Å². The van der Waals surface area contributed by atoms with Crippen molar-refractivity contribution in [2.75, 3.05) is 0 Å². The highest BCUT2D eigenvalue weighted by Gasteiger charge is 2.22. The Hall–Kier alpha value is -1.92. The van der Waals surface area contributed by atoms with E-state index >= 15 is 0 Å². The lowest BCUT2D eigenvalue weighted by molar-refractivity contribution is -0.115. The maximum absolute atomic E-state index is 12.0. The van der Waals surface area contributed by atoms with Gasteiger partial charge in [0.2, 0.25) is 0 Å². The molecule has 0 fully saturated rings. The first-order valence-corrected chi connectivity index (χ1v) is 8.38. The zero-order valence-corrected chi connectivity index (χ0v) is 14.9. The van der Waals surface area contributed by atoms with Gasteiger partial charge in [0, 0.05) is 9.13 Å². The standard InChI is InChI=1S/C18H12ClIN2O/c19-15-10-9-13(20)11-14(15)17-21-16(18(23)22-17)8-4-7-12-5-2-1-3-6-12/h1-11H,(H,21,22,23)/b7-4+,16-8+. The number of amides is 1. The van der Waals surface area contributed by atoms with Crippen molar-refractivity contribution in [1.29, 1.82) is 0 Å². The predicted molar refractivity (Wildman–Crippen MR) is 102 cm³/mol. The second-order valence-electron chi connectivity index (χ2n) is 4.86. The first-order valence-electron chi connectivity index (χ1n) is 6.92. The number of carbonyl (C=O) groups is 1. The van der Waals surface area contributed by atoms with Crippen molar-refractivity contribution in [3.63, 3.8) is 0 Å². The number of nitrogens with zero attached hydrogens (tertiary/aromatic N) is 1. The van der Waals surface area contributed by atoms with Crippen molar-refractivity contribution < 1.29 is 4.79 Å². The monoisotopic (exact) mass is 434 g/mol. The number of amidine groups is 1. The van der Waals surface area contributed by atoms with Crippen molar-refractivity contribution in [1.82, 2.24) is 5.32 Å². The fourth-order valence-electron chi connectivity index (χ4n) is 2.10. The van der Waals surface area contributed by atoms with Crippen LogP contribution in [0.25, 0.3) is 6.08 Å². The molecule has 2 aromatic carbocycles. The molecule has 0 bridgehead atoms. The summed E-state index contributed by atoms with van der Waals surface area (Å²) in [6.07, 6.45) is 5.43. The molecule has 1 heterocycles. The van der Waals surface area contributed by atoms with Crippen molar-refractivity contribution in [2.45, 2.75) is 0 Å². The fourth-order valence-corrected chi connectivity index (χ4v) is 2.80. The van der Waals surface area contributed by atoms with Crippen LogP contribution in [0.15, 0.2) is 71.4 Å². The van der Waals surface area contributed by atoms with Gasteiger partial charge >= 0.3 is 0 Å². The molecule has 1 aliphatic heterocycles. The molecule has 2 aromatic rings. The Balaban J connectivity index is 1.85. The Morgan fingerprint density at radius 1 is 1.13 bits per heavy atom. The average Bonchev–Trinajstić information content (AvgIpc) is 2.92. The summed E-state index contributed by atoms with van der Waals surface area (Å²) in [5.74, 6) is 0.255. The molecule has 1 aliphatic rings. The Labute approximate surface area is 152 Å². The van der Waals surface area contributed by atoms with Crippen LogP contribution in [-0.2, 0) is 4.79 Å². The third-order valence-electron chi connectivity index (χ3n) is 3.22. The van der Waals surface area contributed by atoms with E-state index < -0.39 is 0 Å². The average molecular weight is 435 g/mol. The molecule has 114 valence electrons. The number of hydrogen-bond acceptors (Lipinski definition) is 2.